The van der Waals surface area contributed by atoms with Crippen molar-refractivity contribution in [3.63, 3.8) is 0 Å². The molecule has 2 aliphatic heterocycles. The molecule has 1 aromatic carbocycles. The number of nitrogens with one attached hydrogen (secondary N) is 1. The average Bonchev–Trinajstić information content (AvgIpc) is 3.55. The zero-order valence-corrected chi connectivity index (χ0v) is 28.6. The molecule has 0 aliphatic carbocycles. The predicted octanol–water partition coefficient (Wildman–Crippen LogP) is 4.57. The Labute approximate surface area is 276 Å². The first-order chi connectivity index (χ1) is 21.9. The molecular weight excluding hydrogens is 606 g/mol. The predicted molar refractivity (Wildman–Crippen MR) is 177 cm³/mol. The Morgan fingerprint density at radius 2 is 1.74 bits per heavy atom. The molecule has 11 nitrogen and oxygen atoms in total. The van der Waals surface area contributed by atoms with Crippen LogP contribution in [0.2, 0.25) is 0 Å². The van der Waals surface area contributed by atoms with E-state index >= 15 is 0 Å². The second-order valence-corrected chi connectivity index (χ2v) is 14.3. The second kappa shape index (κ2) is 16.3. The summed E-state index contributed by atoms with van der Waals surface area (Å²) in [6.45, 7) is 7.39. The van der Waals surface area contributed by atoms with E-state index in [9.17, 15) is 19.2 Å². The molecule has 3 heterocycles. The number of hydrogen-bond donors (Lipinski definition) is 1. The van der Waals surface area contributed by atoms with E-state index in [1.165, 1.54) is 16.2 Å². The van der Waals surface area contributed by atoms with Crippen LogP contribution in [0.3, 0.4) is 0 Å². The summed E-state index contributed by atoms with van der Waals surface area (Å²) in [7, 11) is 4.03. The largest absolute Gasteiger partial charge is 0.445 e. The Morgan fingerprint density at radius 3 is 2.41 bits per heavy atom. The minimum atomic E-state index is -0.944. The first-order valence-electron chi connectivity index (χ1n) is 16.1. The van der Waals surface area contributed by atoms with E-state index in [0.29, 0.717) is 13.1 Å². The van der Waals surface area contributed by atoms with E-state index in [-0.39, 0.29) is 44.0 Å². The monoisotopic (exact) mass is 655 g/mol. The van der Waals surface area contributed by atoms with Gasteiger partial charge in [-0.1, -0.05) is 36.4 Å². The minimum Gasteiger partial charge on any atom is -0.445 e. The number of thiophene rings is 1. The summed E-state index contributed by atoms with van der Waals surface area (Å²) in [6, 6.07) is 11.6. The van der Waals surface area contributed by atoms with Crippen molar-refractivity contribution in [2.24, 2.45) is 5.92 Å². The van der Waals surface area contributed by atoms with Crippen LogP contribution in [0.1, 0.15) is 56.9 Å². The standard InChI is InChI=1S/C34H49N5O6S/c1-34(2,3)45-32(42)37-19-20-38(28(23-37)30(40)35-22-27-16-11-21-46-27)31(41)29-26(14-9-17-36(4)5)15-10-18-39(29)33(43)44-24-25-12-7-6-8-13-25/h6-8,11-13,16,21,26,28-29H,9-10,14-15,17-20,22-24H2,1-5H3,(H,35,40)/t26-,28-,29+/m0/s1. The first-order valence-corrected chi connectivity index (χ1v) is 17.0. The minimum absolute atomic E-state index is 0.00655. The number of amides is 4. The third kappa shape index (κ3) is 9.93. The number of ether oxygens (including phenoxy) is 2. The molecular formula is C34H49N5O6S. The molecule has 252 valence electrons. The molecule has 1 aromatic heterocycles. The van der Waals surface area contributed by atoms with Crippen molar-refractivity contribution < 1.29 is 28.7 Å². The molecule has 0 saturated carbocycles. The Bertz CT molecular complexity index is 1300. The van der Waals surface area contributed by atoms with Crippen LogP contribution in [0.4, 0.5) is 9.59 Å². The van der Waals surface area contributed by atoms with Gasteiger partial charge in [0.1, 0.15) is 24.3 Å². The Balaban J connectivity index is 1.58. The van der Waals surface area contributed by atoms with Crippen LogP contribution in [0.5, 0.6) is 0 Å². The lowest BCUT2D eigenvalue weighted by Crippen LogP contribution is -2.66. The van der Waals surface area contributed by atoms with Gasteiger partial charge in [0.05, 0.1) is 13.1 Å². The lowest BCUT2D eigenvalue weighted by atomic mass is 9.84. The molecule has 12 heteroatoms. The fraction of sp³-hybridized carbons (Fsp3) is 0.588. The molecule has 4 amide bonds. The summed E-state index contributed by atoms with van der Waals surface area (Å²) >= 11 is 1.53. The van der Waals surface area contributed by atoms with Crippen molar-refractivity contribution in [1.82, 2.24) is 24.9 Å². The molecule has 46 heavy (non-hydrogen) atoms. The SMILES string of the molecule is CN(C)CCC[C@H]1CCCN(C(=O)OCc2ccccc2)[C@H]1C(=O)N1CCN(C(=O)OC(C)(C)C)C[C@H]1C(=O)NCc1cccs1. The highest BCUT2D eigenvalue weighted by Gasteiger charge is 2.46. The Hall–Kier alpha value is -3.64. The third-order valence-electron chi connectivity index (χ3n) is 8.26. The van der Waals surface area contributed by atoms with Crippen molar-refractivity contribution >= 4 is 35.3 Å². The fourth-order valence-corrected chi connectivity index (χ4v) is 6.67. The smallest absolute Gasteiger partial charge is 0.410 e. The van der Waals surface area contributed by atoms with Gasteiger partial charge in [-0.3, -0.25) is 14.5 Å². The van der Waals surface area contributed by atoms with E-state index in [0.717, 1.165) is 42.7 Å². The van der Waals surface area contributed by atoms with Gasteiger partial charge >= 0.3 is 12.2 Å². The number of carbonyl (C=O) groups is 4. The molecule has 3 atom stereocenters. The fourth-order valence-electron chi connectivity index (χ4n) is 6.03. The second-order valence-electron chi connectivity index (χ2n) is 13.3. The summed E-state index contributed by atoms with van der Waals surface area (Å²) in [4.78, 5) is 62.8. The van der Waals surface area contributed by atoms with Crippen LogP contribution >= 0.6 is 11.3 Å². The van der Waals surface area contributed by atoms with Crippen LogP contribution in [0.15, 0.2) is 47.8 Å². The Morgan fingerprint density at radius 1 is 0.978 bits per heavy atom. The van der Waals surface area contributed by atoms with Crippen LogP contribution in [0.25, 0.3) is 0 Å². The van der Waals surface area contributed by atoms with Gasteiger partial charge in [-0.15, -0.1) is 11.3 Å². The quantitative estimate of drug-likeness (QED) is 0.399. The summed E-state index contributed by atoms with van der Waals surface area (Å²) in [5, 5.41) is 4.91. The maximum absolute atomic E-state index is 14.7. The number of hydrogen-bond acceptors (Lipinski definition) is 8. The van der Waals surface area contributed by atoms with E-state index in [1.807, 2.05) is 61.9 Å². The summed E-state index contributed by atoms with van der Waals surface area (Å²) < 4.78 is 11.3. The van der Waals surface area contributed by atoms with E-state index in [4.69, 9.17) is 9.47 Å². The first kappa shape index (κ1) is 35.2. The summed E-state index contributed by atoms with van der Waals surface area (Å²) in [5.41, 5.74) is 0.155. The lowest BCUT2D eigenvalue weighted by Gasteiger charge is -2.46. The average molecular weight is 656 g/mol. The maximum atomic E-state index is 14.7. The third-order valence-corrected chi connectivity index (χ3v) is 9.14. The molecule has 2 aromatic rings. The molecule has 4 rings (SSSR count). The molecule has 0 radical (unpaired) electrons. The Kier molecular flexibility index (Phi) is 12.5. The van der Waals surface area contributed by atoms with Gasteiger partial charge in [-0.25, -0.2) is 9.59 Å². The van der Waals surface area contributed by atoms with Gasteiger partial charge in [-0.2, -0.15) is 0 Å². The van der Waals surface area contributed by atoms with Crippen molar-refractivity contribution in [1.29, 1.82) is 0 Å². The highest BCUT2D eigenvalue weighted by molar-refractivity contribution is 7.09. The molecule has 0 bridgehead atoms. The van der Waals surface area contributed by atoms with Crippen molar-refractivity contribution in [3.8, 4) is 0 Å². The van der Waals surface area contributed by atoms with E-state index < -0.39 is 29.9 Å². The van der Waals surface area contributed by atoms with Crippen LogP contribution in [-0.4, -0.2) is 108 Å². The molecule has 2 aliphatic rings. The number of nitrogens with zero attached hydrogens (tertiary/aromatic N) is 4. The van der Waals surface area contributed by atoms with Crippen molar-refractivity contribution in [2.45, 2.75) is 77.3 Å². The van der Waals surface area contributed by atoms with Gasteiger partial charge < -0.3 is 29.5 Å². The van der Waals surface area contributed by atoms with Crippen LogP contribution < -0.4 is 5.32 Å². The summed E-state index contributed by atoms with van der Waals surface area (Å²) in [5.74, 6) is -0.733. The van der Waals surface area contributed by atoms with Gasteiger partial charge in [0.25, 0.3) is 0 Å². The van der Waals surface area contributed by atoms with Crippen molar-refractivity contribution in [3.05, 3.63) is 58.3 Å². The molecule has 0 unspecified atom stereocenters. The van der Waals surface area contributed by atoms with Gasteiger partial charge in [0.15, 0.2) is 0 Å². The number of likely N-dealkylation sites (tertiary alicyclic amines) is 1. The number of rotatable bonds is 10. The maximum Gasteiger partial charge on any atom is 0.410 e. The zero-order chi connectivity index (χ0) is 33.3. The number of piperidine rings is 1. The highest BCUT2D eigenvalue weighted by atomic mass is 32.1. The van der Waals surface area contributed by atoms with Gasteiger partial charge in [-0.05, 0) is 90.0 Å². The normalized spacial score (nSPS) is 20.4. The van der Waals surface area contributed by atoms with Gasteiger partial charge in [0, 0.05) is 24.5 Å². The lowest BCUT2D eigenvalue weighted by molar-refractivity contribution is -0.150. The molecule has 1 N–H and O–H groups in total. The summed E-state index contributed by atoms with van der Waals surface area (Å²) in [6.07, 6.45) is 2.11. The number of piperazine rings is 1. The topological polar surface area (TPSA) is 112 Å². The van der Waals surface area contributed by atoms with E-state index in [1.54, 1.807) is 30.6 Å². The van der Waals surface area contributed by atoms with Gasteiger partial charge in [0.2, 0.25) is 11.8 Å². The molecule has 2 fully saturated rings. The highest BCUT2D eigenvalue weighted by Crippen LogP contribution is 2.31. The van der Waals surface area contributed by atoms with Crippen LogP contribution in [-0.2, 0) is 32.2 Å². The number of carbonyl (C=O) groups excluding carboxylic acids is 4. The molecule has 2 saturated heterocycles. The van der Waals surface area contributed by atoms with Crippen molar-refractivity contribution in [2.75, 3.05) is 46.8 Å². The zero-order valence-electron chi connectivity index (χ0n) is 27.8. The number of benzene rings is 1. The molecule has 0 spiro atoms. The van der Waals surface area contributed by atoms with Crippen LogP contribution in [0, 0.1) is 5.92 Å². The van der Waals surface area contributed by atoms with E-state index in [2.05, 4.69) is 10.2 Å².